The molecule has 0 aromatic rings. The molecule has 0 radical (unpaired) electrons. The van der Waals surface area contributed by atoms with E-state index < -0.39 is 20.8 Å². The molecule has 0 aliphatic carbocycles. The minimum absolute atomic E-state index is 0.106. The molecule has 0 aromatic carbocycles. The van der Waals surface area contributed by atoms with Gasteiger partial charge < -0.3 is 13.8 Å². The van der Waals surface area contributed by atoms with Crippen molar-refractivity contribution in [3.8, 4) is 0 Å². The highest BCUT2D eigenvalue weighted by atomic mass is 31.2. The molecule has 0 unspecified atom stereocenters. The van der Waals surface area contributed by atoms with Crippen LogP contribution in [-0.4, -0.2) is 53.4 Å². The summed E-state index contributed by atoms with van der Waals surface area (Å²) in [4.78, 5) is 0. The monoisotopic (exact) mass is 358 g/mol. The van der Waals surface area contributed by atoms with Gasteiger partial charge >= 0.3 is 15.4 Å². The Bertz CT molecular complexity index is 466. The molecule has 2 heterocycles. The number of rotatable bonds is 5. The fourth-order valence-electron chi connectivity index (χ4n) is 2.03. The Labute approximate surface area is 130 Å². The maximum atomic E-state index is 12.4. The first-order chi connectivity index (χ1) is 10.1. The van der Waals surface area contributed by atoms with Gasteiger partial charge in [0.1, 0.15) is 0 Å². The third kappa shape index (κ3) is 4.86. The Balaban J connectivity index is 1.86. The van der Waals surface area contributed by atoms with Gasteiger partial charge in [-0.05, 0) is 0 Å². The van der Waals surface area contributed by atoms with Gasteiger partial charge in [0.2, 0.25) is 0 Å². The van der Waals surface area contributed by atoms with Crippen molar-refractivity contribution >= 4 is 15.4 Å². The lowest BCUT2D eigenvalue weighted by atomic mass is 9.93. The highest BCUT2D eigenvalue weighted by molar-refractivity contribution is 7.53. The lowest BCUT2D eigenvalue weighted by Gasteiger charge is -2.42. The van der Waals surface area contributed by atoms with Gasteiger partial charge in [-0.1, -0.05) is 13.8 Å². The molecule has 0 atom stereocenters. The Kier molecular flexibility index (Phi) is 5.58. The van der Waals surface area contributed by atoms with E-state index in [-0.39, 0.29) is 38.4 Å². The second kappa shape index (κ2) is 6.61. The van der Waals surface area contributed by atoms with Crippen molar-refractivity contribution in [3.05, 3.63) is 0 Å². The topological polar surface area (TPSA) is 89.5 Å². The van der Waals surface area contributed by atoms with Crippen molar-refractivity contribution in [3.63, 3.8) is 0 Å². The SMILES string of the molecule is COCC(C)(C)COP1(=O)OCC2(COP(C)(=O)OC2)CO1. The predicted octanol–water partition coefficient (Wildman–Crippen LogP) is 2.69. The molecular weight excluding hydrogens is 334 g/mol. The van der Waals surface area contributed by atoms with E-state index >= 15 is 0 Å². The van der Waals surface area contributed by atoms with Crippen molar-refractivity contribution in [2.45, 2.75) is 13.8 Å². The summed E-state index contributed by atoms with van der Waals surface area (Å²) in [7, 11) is -4.98. The second-order valence-corrected chi connectivity index (χ2v) is 10.4. The van der Waals surface area contributed by atoms with Crippen molar-refractivity contribution in [2.24, 2.45) is 10.8 Å². The first kappa shape index (κ1) is 18.6. The highest BCUT2D eigenvalue weighted by Crippen LogP contribution is 2.58. The van der Waals surface area contributed by atoms with Crippen LogP contribution in [0, 0.1) is 10.8 Å². The number of hydrogen-bond acceptors (Lipinski definition) is 8. The van der Waals surface area contributed by atoms with Crippen LogP contribution in [-0.2, 0) is 36.5 Å². The van der Waals surface area contributed by atoms with Gasteiger partial charge in [-0.2, -0.15) is 0 Å². The normalized spacial score (nSPS) is 40.0. The first-order valence-electron chi connectivity index (χ1n) is 6.99. The third-order valence-electron chi connectivity index (χ3n) is 3.42. The van der Waals surface area contributed by atoms with E-state index in [1.165, 1.54) is 6.66 Å². The first-order valence-corrected chi connectivity index (χ1v) is 10.4. The van der Waals surface area contributed by atoms with Crippen LogP contribution in [0.2, 0.25) is 0 Å². The molecule has 2 aliphatic heterocycles. The standard InChI is InChI=1S/C12H24O8P2/c1-11(2,5-15-3)6-18-22(14)19-9-12(10-20-22)7-16-21(4,13)17-8-12/h5-10H2,1-4H3. The van der Waals surface area contributed by atoms with Crippen LogP contribution in [0.15, 0.2) is 0 Å². The Morgan fingerprint density at radius 3 is 2.00 bits per heavy atom. The summed E-state index contributed by atoms with van der Waals surface area (Å²) in [5.74, 6) is 0. The smallest absolute Gasteiger partial charge is 0.384 e. The van der Waals surface area contributed by atoms with Crippen LogP contribution in [0.1, 0.15) is 13.8 Å². The van der Waals surface area contributed by atoms with Crippen LogP contribution in [0.25, 0.3) is 0 Å². The molecule has 2 fully saturated rings. The lowest BCUT2D eigenvalue weighted by Crippen LogP contribution is -2.45. The second-order valence-electron chi connectivity index (χ2n) is 6.68. The van der Waals surface area contributed by atoms with E-state index in [4.69, 9.17) is 27.4 Å². The summed E-state index contributed by atoms with van der Waals surface area (Å²) in [5, 5.41) is 0. The third-order valence-corrected chi connectivity index (χ3v) is 5.95. The van der Waals surface area contributed by atoms with E-state index in [1.807, 2.05) is 13.8 Å². The number of methoxy groups -OCH3 is 1. The summed E-state index contributed by atoms with van der Waals surface area (Å²) >= 11 is 0. The van der Waals surface area contributed by atoms with Gasteiger partial charge in [-0.25, -0.2) is 4.57 Å². The molecule has 0 aromatic heterocycles. The zero-order chi connectivity index (χ0) is 16.5. The number of phosphoric ester groups is 1. The number of ether oxygens (including phenoxy) is 1. The molecule has 2 aliphatic rings. The molecule has 1 spiro atoms. The van der Waals surface area contributed by atoms with Crippen molar-refractivity contribution in [1.82, 2.24) is 0 Å². The van der Waals surface area contributed by atoms with Gasteiger partial charge in [0.25, 0.3) is 0 Å². The summed E-state index contributed by atoms with van der Waals surface area (Å²) in [6.07, 6.45) is 0. The van der Waals surface area contributed by atoms with Gasteiger partial charge in [-0.15, -0.1) is 0 Å². The summed E-state index contributed by atoms with van der Waals surface area (Å²) in [5.41, 5.74) is -0.900. The molecule has 0 saturated carbocycles. The number of hydrogen-bond donors (Lipinski definition) is 0. The fraction of sp³-hybridized carbons (Fsp3) is 1.00. The molecule has 0 amide bonds. The summed E-state index contributed by atoms with van der Waals surface area (Å²) in [6, 6.07) is 0. The molecule has 2 saturated heterocycles. The summed E-state index contributed by atoms with van der Waals surface area (Å²) in [6.45, 7) is 6.48. The van der Waals surface area contributed by atoms with Crippen molar-refractivity contribution < 1.29 is 36.5 Å². The van der Waals surface area contributed by atoms with Crippen LogP contribution in [0.4, 0.5) is 0 Å². The molecule has 0 bridgehead atoms. The van der Waals surface area contributed by atoms with E-state index in [0.717, 1.165) is 0 Å². The highest BCUT2D eigenvalue weighted by Gasteiger charge is 2.48. The van der Waals surface area contributed by atoms with Gasteiger partial charge in [0, 0.05) is 19.2 Å². The Hall–Kier alpha value is 0.220. The number of phosphoric acid groups is 1. The Morgan fingerprint density at radius 1 is 1.00 bits per heavy atom. The average molecular weight is 358 g/mol. The zero-order valence-electron chi connectivity index (χ0n) is 13.4. The molecule has 0 N–H and O–H groups in total. The molecule has 8 nitrogen and oxygen atoms in total. The van der Waals surface area contributed by atoms with Crippen LogP contribution in [0.5, 0.6) is 0 Å². The van der Waals surface area contributed by atoms with Crippen molar-refractivity contribution in [2.75, 3.05) is 53.4 Å². The predicted molar refractivity (Wildman–Crippen MR) is 79.0 cm³/mol. The van der Waals surface area contributed by atoms with E-state index in [1.54, 1.807) is 7.11 Å². The van der Waals surface area contributed by atoms with Gasteiger partial charge in [0.05, 0.1) is 45.1 Å². The van der Waals surface area contributed by atoms with Crippen LogP contribution < -0.4 is 0 Å². The fourth-order valence-corrected chi connectivity index (χ4v) is 4.71. The molecule has 10 heteroatoms. The molecular formula is C12H24O8P2. The van der Waals surface area contributed by atoms with Crippen LogP contribution in [0.3, 0.4) is 0 Å². The minimum Gasteiger partial charge on any atom is -0.384 e. The van der Waals surface area contributed by atoms with Crippen LogP contribution >= 0.6 is 15.4 Å². The maximum absolute atomic E-state index is 12.4. The van der Waals surface area contributed by atoms with E-state index in [9.17, 15) is 9.13 Å². The van der Waals surface area contributed by atoms with Gasteiger partial charge in [0.15, 0.2) is 0 Å². The largest absolute Gasteiger partial charge is 0.474 e. The average Bonchev–Trinajstić information content (AvgIpc) is 2.44. The summed E-state index contributed by atoms with van der Waals surface area (Å²) < 4.78 is 55.5. The zero-order valence-corrected chi connectivity index (χ0v) is 15.2. The van der Waals surface area contributed by atoms with Gasteiger partial charge in [-0.3, -0.25) is 18.1 Å². The Morgan fingerprint density at radius 2 is 1.50 bits per heavy atom. The molecule has 130 valence electrons. The van der Waals surface area contributed by atoms with E-state index in [2.05, 4.69) is 0 Å². The lowest BCUT2D eigenvalue weighted by molar-refractivity contribution is -0.0864. The van der Waals surface area contributed by atoms with E-state index in [0.29, 0.717) is 6.61 Å². The molecule has 2 rings (SSSR count). The minimum atomic E-state index is -3.59. The van der Waals surface area contributed by atoms with Crippen molar-refractivity contribution in [1.29, 1.82) is 0 Å². The maximum Gasteiger partial charge on any atom is 0.474 e. The molecule has 22 heavy (non-hydrogen) atoms. The quantitative estimate of drug-likeness (QED) is 0.693.